The predicted molar refractivity (Wildman–Crippen MR) is 137 cm³/mol. The summed E-state index contributed by atoms with van der Waals surface area (Å²) in [5.41, 5.74) is 6.49. The molecule has 1 aliphatic rings. The van der Waals surface area contributed by atoms with Gasteiger partial charge < -0.3 is 14.6 Å². The first-order chi connectivity index (χ1) is 16.5. The Labute approximate surface area is 207 Å². The van der Waals surface area contributed by atoms with Gasteiger partial charge >= 0.3 is 0 Å². The highest BCUT2D eigenvalue weighted by Crippen LogP contribution is 2.43. The molecule has 1 aromatic heterocycles. The Kier molecular flexibility index (Phi) is 8.39. The fourth-order valence-corrected chi connectivity index (χ4v) is 5.20. The lowest BCUT2D eigenvalue weighted by Crippen LogP contribution is -2.19. The zero-order valence-electron chi connectivity index (χ0n) is 21.8. The maximum Gasteiger partial charge on any atom is 0.158 e. The Morgan fingerprint density at radius 1 is 1.34 bits per heavy atom. The Bertz CT molecular complexity index is 1230. The number of methoxy groups -OCH3 is 1. The number of rotatable bonds is 9. The maximum absolute atomic E-state index is 14.8. The predicted octanol–water partition coefficient (Wildman–Crippen LogP) is 5.43. The number of aryl methyl sites for hydroxylation is 1. The Hall–Kier alpha value is -2.70. The van der Waals surface area contributed by atoms with Crippen molar-refractivity contribution in [3.63, 3.8) is 0 Å². The molecule has 0 spiro atoms. The molecule has 2 aromatic rings. The van der Waals surface area contributed by atoms with E-state index in [0.717, 1.165) is 35.8 Å². The summed E-state index contributed by atoms with van der Waals surface area (Å²) in [4.78, 5) is 28.8. The standard InChI is InChI=1S/C29H36FNO4/c1-15(2)10-22-27-16(3)8-9-20-18(5)24(30)12-25(28(20)27)31-29(22)17(4)11-21(26(34)13-32)23(14-35-7)19(6)33/h11-13,15-16,26,34H,8-10,14H2,1-7H3/b17-11+,23-21+/t16-,26?/m0/s1. The van der Waals surface area contributed by atoms with Crippen LogP contribution in [0.15, 0.2) is 23.3 Å². The average molecular weight is 482 g/mol. The number of hydrogen-bond acceptors (Lipinski definition) is 5. The molecule has 1 heterocycles. The Balaban J connectivity index is 2.40. The van der Waals surface area contributed by atoms with Gasteiger partial charge in [-0.1, -0.05) is 26.8 Å². The lowest BCUT2D eigenvalue weighted by atomic mass is 9.77. The van der Waals surface area contributed by atoms with Gasteiger partial charge in [-0.15, -0.1) is 0 Å². The van der Waals surface area contributed by atoms with Crippen molar-refractivity contribution in [1.82, 2.24) is 4.98 Å². The number of benzene rings is 1. The first-order valence-corrected chi connectivity index (χ1v) is 12.2. The number of halogens is 1. The van der Waals surface area contributed by atoms with Crippen LogP contribution >= 0.6 is 0 Å². The summed E-state index contributed by atoms with van der Waals surface area (Å²) < 4.78 is 20.0. The average Bonchev–Trinajstić information content (AvgIpc) is 2.80. The molecule has 1 aliphatic carbocycles. The van der Waals surface area contributed by atoms with E-state index in [9.17, 15) is 19.1 Å². The molecule has 0 amide bonds. The highest BCUT2D eigenvalue weighted by atomic mass is 19.1. The second-order valence-corrected chi connectivity index (χ2v) is 10.1. The van der Waals surface area contributed by atoms with Gasteiger partial charge in [0.25, 0.3) is 0 Å². The van der Waals surface area contributed by atoms with E-state index in [2.05, 4.69) is 20.8 Å². The minimum Gasteiger partial charge on any atom is -0.381 e. The smallest absolute Gasteiger partial charge is 0.158 e. The molecule has 0 saturated heterocycles. The minimum atomic E-state index is -1.48. The molecule has 1 unspecified atom stereocenters. The van der Waals surface area contributed by atoms with Crippen LogP contribution in [0.1, 0.15) is 74.9 Å². The van der Waals surface area contributed by atoms with Crippen molar-refractivity contribution in [3.05, 3.63) is 57.1 Å². The lowest BCUT2D eigenvalue weighted by molar-refractivity contribution is -0.114. The number of aromatic nitrogens is 1. The van der Waals surface area contributed by atoms with Crippen LogP contribution in [0.3, 0.4) is 0 Å². The number of ketones is 1. The summed E-state index contributed by atoms with van der Waals surface area (Å²) in [6.07, 6.45) is 3.11. The van der Waals surface area contributed by atoms with Crippen LogP contribution in [-0.4, -0.2) is 42.0 Å². The van der Waals surface area contributed by atoms with Gasteiger partial charge in [-0.05, 0) is 85.3 Å². The first-order valence-electron chi connectivity index (χ1n) is 12.2. The van der Waals surface area contributed by atoms with Crippen LogP contribution in [0.5, 0.6) is 0 Å². The molecule has 35 heavy (non-hydrogen) atoms. The van der Waals surface area contributed by atoms with E-state index in [-0.39, 0.29) is 35.3 Å². The summed E-state index contributed by atoms with van der Waals surface area (Å²) in [5, 5.41) is 11.5. The number of carbonyl (C=O) groups is 2. The van der Waals surface area contributed by atoms with Crippen LogP contribution in [0.4, 0.5) is 4.39 Å². The summed E-state index contributed by atoms with van der Waals surface area (Å²) in [6.45, 7) is 11.5. The largest absolute Gasteiger partial charge is 0.381 e. The van der Waals surface area contributed by atoms with Crippen molar-refractivity contribution in [2.45, 2.75) is 72.8 Å². The zero-order valence-corrected chi connectivity index (χ0v) is 21.8. The Morgan fingerprint density at radius 2 is 2.03 bits per heavy atom. The third-order valence-electron chi connectivity index (χ3n) is 6.93. The van der Waals surface area contributed by atoms with Crippen molar-refractivity contribution in [2.75, 3.05) is 13.7 Å². The van der Waals surface area contributed by atoms with Crippen molar-refractivity contribution >= 4 is 28.5 Å². The molecule has 0 fully saturated rings. The van der Waals surface area contributed by atoms with E-state index in [1.54, 1.807) is 6.08 Å². The molecule has 5 nitrogen and oxygen atoms in total. The van der Waals surface area contributed by atoms with Crippen molar-refractivity contribution in [2.24, 2.45) is 5.92 Å². The number of nitrogens with zero attached hydrogens (tertiary/aromatic N) is 1. The summed E-state index contributed by atoms with van der Waals surface area (Å²) in [5.74, 6) is 0.0928. The molecule has 0 bridgehead atoms. The topological polar surface area (TPSA) is 76.5 Å². The molecule has 2 atom stereocenters. The zero-order chi connectivity index (χ0) is 26.0. The number of aliphatic hydroxyl groups is 1. The van der Waals surface area contributed by atoms with Gasteiger partial charge in [0.1, 0.15) is 11.9 Å². The number of aldehydes is 1. The highest BCUT2D eigenvalue weighted by molar-refractivity contribution is 5.97. The van der Waals surface area contributed by atoms with Crippen LogP contribution in [0, 0.1) is 18.7 Å². The Morgan fingerprint density at radius 3 is 2.60 bits per heavy atom. The molecular formula is C29H36FNO4. The van der Waals surface area contributed by atoms with Gasteiger partial charge in [-0.3, -0.25) is 4.79 Å². The number of ether oxygens (including phenoxy) is 1. The molecule has 1 aromatic carbocycles. The lowest BCUT2D eigenvalue weighted by Gasteiger charge is -2.29. The van der Waals surface area contributed by atoms with Crippen LogP contribution < -0.4 is 0 Å². The quantitative estimate of drug-likeness (QED) is 0.294. The second-order valence-electron chi connectivity index (χ2n) is 10.1. The molecule has 6 heteroatoms. The molecule has 188 valence electrons. The van der Waals surface area contributed by atoms with E-state index in [1.165, 1.54) is 25.7 Å². The number of allylic oxidation sites excluding steroid dienone is 1. The summed E-state index contributed by atoms with van der Waals surface area (Å²) in [7, 11) is 1.45. The van der Waals surface area contributed by atoms with E-state index in [0.29, 0.717) is 34.6 Å². The van der Waals surface area contributed by atoms with E-state index < -0.39 is 6.10 Å². The van der Waals surface area contributed by atoms with Crippen molar-refractivity contribution in [3.8, 4) is 0 Å². The SMILES string of the molecule is COC/C(C(C)=O)=C(/C=C(\C)c1nc2cc(F)c(C)c3c2c(c1CC(C)C)[C@@H](C)CC3)C(O)C=O. The normalized spacial score (nSPS) is 17.5. The molecule has 1 N–H and O–H groups in total. The number of carbonyl (C=O) groups excluding carboxylic acids is 2. The first kappa shape index (κ1) is 26.9. The fourth-order valence-electron chi connectivity index (χ4n) is 5.20. The molecule has 0 saturated carbocycles. The monoisotopic (exact) mass is 481 g/mol. The van der Waals surface area contributed by atoms with Gasteiger partial charge in [-0.25, -0.2) is 9.37 Å². The van der Waals surface area contributed by atoms with Gasteiger partial charge in [0, 0.05) is 24.1 Å². The van der Waals surface area contributed by atoms with Crippen molar-refractivity contribution < 1.29 is 23.8 Å². The van der Waals surface area contributed by atoms with Gasteiger partial charge in [0.05, 0.1) is 17.8 Å². The molecule has 0 radical (unpaired) electrons. The van der Waals surface area contributed by atoms with Gasteiger partial charge in [0.15, 0.2) is 12.1 Å². The summed E-state index contributed by atoms with van der Waals surface area (Å²) >= 11 is 0. The number of aliphatic hydroxyl groups excluding tert-OH is 1. The third-order valence-corrected chi connectivity index (χ3v) is 6.93. The maximum atomic E-state index is 14.8. The molecule has 3 rings (SSSR count). The molecule has 0 aliphatic heterocycles. The summed E-state index contributed by atoms with van der Waals surface area (Å²) in [6, 6.07) is 1.51. The van der Waals surface area contributed by atoms with Gasteiger partial charge in [0.2, 0.25) is 0 Å². The van der Waals surface area contributed by atoms with E-state index in [1.807, 2.05) is 13.8 Å². The van der Waals surface area contributed by atoms with Gasteiger partial charge in [-0.2, -0.15) is 0 Å². The minimum absolute atomic E-state index is 0.0283. The molecular weight excluding hydrogens is 445 g/mol. The van der Waals surface area contributed by atoms with E-state index >= 15 is 0 Å². The van der Waals surface area contributed by atoms with Crippen LogP contribution in [0.2, 0.25) is 0 Å². The number of hydrogen-bond donors (Lipinski definition) is 1. The van der Waals surface area contributed by atoms with Crippen LogP contribution in [-0.2, 0) is 27.2 Å². The third kappa shape index (κ3) is 5.29. The van der Waals surface area contributed by atoms with Crippen LogP contribution in [0.25, 0.3) is 16.5 Å². The number of Topliss-reactive ketones (excluding diaryl/α,β-unsaturated/α-hetero) is 1. The fraction of sp³-hybridized carbons (Fsp3) is 0.483. The highest BCUT2D eigenvalue weighted by Gasteiger charge is 2.28. The number of pyridine rings is 1. The second kappa shape index (κ2) is 10.9. The van der Waals surface area contributed by atoms with E-state index in [4.69, 9.17) is 9.72 Å². The van der Waals surface area contributed by atoms with Crippen molar-refractivity contribution in [1.29, 1.82) is 0 Å².